The summed E-state index contributed by atoms with van der Waals surface area (Å²) in [4.78, 5) is 27.5. The number of methoxy groups -OCH3 is 1. The molecule has 4 rings (SSSR count). The fourth-order valence-electron chi connectivity index (χ4n) is 3.96. The molecule has 6 nitrogen and oxygen atoms in total. The van der Waals surface area contributed by atoms with E-state index < -0.39 is 0 Å². The van der Waals surface area contributed by atoms with E-state index in [1.807, 2.05) is 48.5 Å². The Morgan fingerprint density at radius 2 is 1.81 bits per heavy atom. The molecule has 1 heterocycles. The topological polar surface area (TPSA) is 67.9 Å². The van der Waals surface area contributed by atoms with Crippen LogP contribution in [0.15, 0.2) is 53.4 Å². The molecule has 0 unspecified atom stereocenters. The van der Waals surface area contributed by atoms with Crippen LogP contribution in [0.2, 0.25) is 0 Å². The van der Waals surface area contributed by atoms with E-state index in [-0.39, 0.29) is 25.1 Å². The number of piperidine rings is 1. The summed E-state index contributed by atoms with van der Waals surface area (Å²) in [6.07, 6.45) is 5.01. The highest BCUT2D eigenvalue weighted by atomic mass is 32.2. The fraction of sp³-hybridized carbons (Fsp3) is 0.417. The molecule has 1 aliphatic carbocycles. The largest absolute Gasteiger partial charge is 0.468 e. The zero-order chi connectivity index (χ0) is 21.7. The second-order valence-electron chi connectivity index (χ2n) is 8.23. The Hall–Kier alpha value is -2.51. The van der Waals surface area contributed by atoms with Crippen LogP contribution < -0.4 is 9.62 Å². The number of rotatable bonds is 8. The molecule has 1 N–H and O–H groups in total. The molecule has 0 atom stereocenters. The number of hydrogen-bond donors (Lipinski definition) is 1. The van der Waals surface area contributed by atoms with Crippen molar-refractivity contribution in [2.45, 2.75) is 37.2 Å². The third-order valence-electron chi connectivity index (χ3n) is 6.16. The van der Waals surface area contributed by atoms with Crippen molar-refractivity contribution in [3.63, 3.8) is 0 Å². The summed E-state index contributed by atoms with van der Waals surface area (Å²) in [5.74, 6) is -0.635. The van der Waals surface area contributed by atoms with Gasteiger partial charge in [-0.05, 0) is 66.8 Å². The van der Waals surface area contributed by atoms with Crippen LogP contribution in [0.1, 0.15) is 41.6 Å². The van der Waals surface area contributed by atoms with Gasteiger partial charge < -0.3 is 14.4 Å². The summed E-state index contributed by atoms with van der Waals surface area (Å²) >= 11 is 1.36. The Kier molecular flexibility index (Phi) is 6.83. The lowest BCUT2D eigenvalue weighted by Crippen LogP contribution is -2.35. The molecule has 0 bridgehead atoms. The zero-order valence-corrected chi connectivity index (χ0v) is 18.6. The van der Waals surface area contributed by atoms with E-state index in [9.17, 15) is 9.59 Å². The molecule has 2 aliphatic rings. The number of nitrogens with zero attached hydrogens (tertiary/aromatic N) is 1. The number of nitrogens with one attached hydrogen (secondary N) is 1. The summed E-state index contributed by atoms with van der Waals surface area (Å²) < 4.78 is 13.3. The minimum absolute atomic E-state index is 0.115. The highest BCUT2D eigenvalue weighted by molar-refractivity contribution is 7.97. The molecule has 1 saturated carbocycles. The van der Waals surface area contributed by atoms with Gasteiger partial charge in [0.1, 0.15) is 13.2 Å². The Bertz CT molecular complexity index is 920. The highest BCUT2D eigenvalue weighted by Gasteiger charge is 2.44. The third kappa shape index (κ3) is 5.60. The molecule has 2 aromatic carbocycles. The number of carbonyl (C=O) groups is 2. The smallest absolute Gasteiger partial charge is 0.340 e. The first-order chi connectivity index (χ1) is 15.1. The van der Waals surface area contributed by atoms with Gasteiger partial charge in [-0.1, -0.05) is 30.3 Å². The van der Waals surface area contributed by atoms with Crippen LogP contribution in [0.5, 0.6) is 0 Å². The van der Waals surface area contributed by atoms with Crippen LogP contribution in [0.4, 0.5) is 5.69 Å². The Labute approximate surface area is 187 Å². The second-order valence-corrected chi connectivity index (χ2v) is 9.19. The van der Waals surface area contributed by atoms with E-state index in [1.165, 1.54) is 44.7 Å². The minimum atomic E-state index is -0.320. The van der Waals surface area contributed by atoms with Crippen LogP contribution in [-0.2, 0) is 20.9 Å². The maximum Gasteiger partial charge on any atom is 0.340 e. The number of benzene rings is 2. The molecule has 2 fully saturated rings. The first-order valence-electron chi connectivity index (χ1n) is 10.7. The minimum Gasteiger partial charge on any atom is -0.468 e. The summed E-state index contributed by atoms with van der Waals surface area (Å²) in [7, 11) is 1.37. The Morgan fingerprint density at radius 1 is 1.06 bits per heavy atom. The van der Waals surface area contributed by atoms with Crippen molar-refractivity contribution in [3.05, 3.63) is 59.7 Å². The van der Waals surface area contributed by atoms with Gasteiger partial charge >= 0.3 is 11.9 Å². The summed E-state index contributed by atoms with van der Waals surface area (Å²) in [6.45, 7) is 2.26. The predicted molar refractivity (Wildman–Crippen MR) is 121 cm³/mol. The van der Waals surface area contributed by atoms with Crippen molar-refractivity contribution in [2.75, 3.05) is 31.6 Å². The van der Waals surface area contributed by atoms with E-state index in [4.69, 9.17) is 4.74 Å². The monoisotopic (exact) mass is 440 g/mol. The van der Waals surface area contributed by atoms with Crippen molar-refractivity contribution >= 4 is 29.6 Å². The molecular formula is C24H28N2O4S. The van der Waals surface area contributed by atoms with Crippen molar-refractivity contribution in [1.29, 1.82) is 0 Å². The lowest BCUT2D eigenvalue weighted by molar-refractivity contribution is -0.139. The molecule has 2 aromatic rings. The normalized spacial score (nSPS) is 16.7. The van der Waals surface area contributed by atoms with Gasteiger partial charge in [0.25, 0.3) is 0 Å². The molecule has 31 heavy (non-hydrogen) atoms. The predicted octanol–water partition coefficient (Wildman–Crippen LogP) is 4.19. The molecule has 7 heteroatoms. The molecular weight excluding hydrogens is 412 g/mol. The third-order valence-corrected chi connectivity index (χ3v) is 6.94. The first kappa shape index (κ1) is 21.7. The zero-order valence-electron chi connectivity index (χ0n) is 17.8. The van der Waals surface area contributed by atoms with Crippen molar-refractivity contribution in [1.82, 2.24) is 4.72 Å². The molecule has 0 aromatic heterocycles. The first-order valence-corrected chi connectivity index (χ1v) is 11.5. The Balaban J connectivity index is 1.48. The van der Waals surface area contributed by atoms with Gasteiger partial charge in [-0.25, -0.2) is 9.52 Å². The van der Waals surface area contributed by atoms with E-state index in [0.717, 1.165) is 29.2 Å². The van der Waals surface area contributed by atoms with Gasteiger partial charge in [0.05, 0.1) is 18.4 Å². The standard InChI is InChI=1S/C24H28N2O4S/c1-29-22(27)16-25-31-19-7-8-20(23(28)30-17-18-5-3-2-4-6-18)21(15-19)26-13-11-24(9-10-24)12-14-26/h2-8,15,25H,9-14,16-17H2,1H3. The van der Waals surface area contributed by atoms with E-state index >= 15 is 0 Å². The van der Waals surface area contributed by atoms with Crippen molar-refractivity contribution < 1.29 is 19.1 Å². The van der Waals surface area contributed by atoms with E-state index in [0.29, 0.717) is 11.0 Å². The number of carbonyl (C=O) groups excluding carboxylic acids is 2. The van der Waals surface area contributed by atoms with Crippen LogP contribution in [-0.4, -0.2) is 38.7 Å². The fourth-order valence-corrected chi connectivity index (χ4v) is 4.62. The van der Waals surface area contributed by atoms with Crippen LogP contribution in [0.25, 0.3) is 0 Å². The van der Waals surface area contributed by atoms with Crippen molar-refractivity contribution in [2.24, 2.45) is 5.41 Å². The van der Waals surface area contributed by atoms with Gasteiger partial charge in [-0.3, -0.25) is 4.79 Å². The molecule has 0 radical (unpaired) electrons. The summed E-state index contributed by atoms with van der Waals surface area (Å²) in [5, 5.41) is 0. The number of ether oxygens (including phenoxy) is 2. The van der Waals surface area contributed by atoms with Gasteiger partial charge in [0.15, 0.2) is 0 Å². The van der Waals surface area contributed by atoms with Crippen LogP contribution >= 0.6 is 11.9 Å². The number of hydrogen-bond acceptors (Lipinski definition) is 7. The Morgan fingerprint density at radius 3 is 2.48 bits per heavy atom. The molecule has 1 aliphatic heterocycles. The molecule has 1 spiro atoms. The second kappa shape index (κ2) is 9.75. The highest BCUT2D eigenvalue weighted by Crippen LogP contribution is 2.54. The lowest BCUT2D eigenvalue weighted by atomic mass is 9.93. The average molecular weight is 441 g/mol. The van der Waals surface area contributed by atoms with Crippen LogP contribution in [0, 0.1) is 5.41 Å². The lowest BCUT2D eigenvalue weighted by Gasteiger charge is -2.35. The van der Waals surface area contributed by atoms with Gasteiger partial charge in [-0.15, -0.1) is 0 Å². The van der Waals surface area contributed by atoms with Gasteiger partial charge in [0, 0.05) is 18.0 Å². The van der Waals surface area contributed by atoms with Gasteiger partial charge in [-0.2, -0.15) is 0 Å². The SMILES string of the molecule is COC(=O)CNSc1ccc(C(=O)OCc2ccccc2)c(N2CCC3(CC2)CC3)c1. The average Bonchev–Trinajstić information content (AvgIpc) is 3.57. The van der Waals surface area contributed by atoms with E-state index in [2.05, 4.69) is 14.4 Å². The van der Waals surface area contributed by atoms with Gasteiger partial charge in [0.2, 0.25) is 0 Å². The molecule has 1 saturated heterocycles. The summed E-state index contributed by atoms with van der Waals surface area (Å²) in [5.41, 5.74) is 3.00. The van der Waals surface area contributed by atoms with Crippen molar-refractivity contribution in [3.8, 4) is 0 Å². The molecule has 164 valence electrons. The number of anilines is 1. The summed E-state index contributed by atoms with van der Waals surface area (Å²) in [6, 6.07) is 15.4. The maximum absolute atomic E-state index is 12.9. The maximum atomic E-state index is 12.9. The molecule has 0 amide bonds. The van der Waals surface area contributed by atoms with Crippen LogP contribution in [0.3, 0.4) is 0 Å². The quantitative estimate of drug-likeness (QED) is 0.487. The van der Waals surface area contributed by atoms with E-state index in [1.54, 1.807) is 0 Å². The number of esters is 2.